The molecule has 2 rings (SSSR count). The monoisotopic (exact) mass is 328 g/mol. The molecule has 2 aromatic carbocycles. The summed E-state index contributed by atoms with van der Waals surface area (Å²) in [5.74, 6) is 0. The molecule has 0 aliphatic heterocycles. The SMILES string of the molecule is C=CCC([O-])(/C=C/c1ccccc1)c1ccccc1[Si](C)(C)C.[Li+]. The van der Waals surface area contributed by atoms with Crippen LogP contribution in [0.1, 0.15) is 17.5 Å². The minimum absolute atomic E-state index is 0. The van der Waals surface area contributed by atoms with Crippen LogP contribution < -0.4 is 29.2 Å². The quantitative estimate of drug-likeness (QED) is 0.575. The Kier molecular flexibility index (Phi) is 7.51. The van der Waals surface area contributed by atoms with Gasteiger partial charge in [0.1, 0.15) is 0 Å². The maximum Gasteiger partial charge on any atom is 1.00 e. The van der Waals surface area contributed by atoms with Gasteiger partial charge in [-0.2, -0.15) is 0 Å². The molecule has 0 radical (unpaired) electrons. The van der Waals surface area contributed by atoms with E-state index >= 15 is 0 Å². The van der Waals surface area contributed by atoms with Crippen molar-refractivity contribution in [2.75, 3.05) is 0 Å². The van der Waals surface area contributed by atoms with Crippen LogP contribution in [-0.4, -0.2) is 8.07 Å². The van der Waals surface area contributed by atoms with Gasteiger partial charge in [0.2, 0.25) is 0 Å². The second kappa shape index (κ2) is 8.69. The second-order valence-corrected chi connectivity index (χ2v) is 12.0. The molecule has 0 N–H and O–H groups in total. The van der Waals surface area contributed by atoms with Gasteiger partial charge in [-0.1, -0.05) is 109 Å². The predicted octanol–water partition coefficient (Wildman–Crippen LogP) is 1.08. The Morgan fingerprint density at radius 2 is 1.58 bits per heavy atom. The number of rotatable bonds is 6. The average molecular weight is 328 g/mol. The first-order valence-corrected chi connectivity index (χ1v) is 11.5. The van der Waals surface area contributed by atoms with Crippen LogP contribution in [0.3, 0.4) is 0 Å². The normalized spacial score (nSPS) is 14.0. The van der Waals surface area contributed by atoms with Gasteiger partial charge in [0.25, 0.3) is 0 Å². The van der Waals surface area contributed by atoms with E-state index in [0.717, 1.165) is 11.1 Å². The number of benzene rings is 2. The third kappa shape index (κ3) is 5.09. The summed E-state index contributed by atoms with van der Waals surface area (Å²) in [6.45, 7) is 10.6. The summed E-state index contributed by atoms with van der Waals surface area (Å²) >= 11 is 0. The molecule has 0 bridgehead atoms. The standard InChI is InChI=1S/C21H25OSi.Li/c1-5-16-21(22,17-15-18-11-7-6-8-12-18)19-13-9-10-14-20(19)23(2,3)4;/h5-15,17H,1,16H2,2-4H3;/q-1;+1/b17-15+;. The maximum atomic E-state index is 13.6. The molecule has 0 aliphatic rings. The molecule has 0 amide bonds. The van der Waals surface area contributed by atoms with E-state index in [4.69, 9.17) is 0 Å². The van der Waals surface area contributed by atoms with E-state index < -0.39 is 13.7 Å². The van der Waals surface area contributed by atoms with Gasteiger partial charge < -0.3 is 5.11 Å². The Labute approximate surface area is 159 Å². The van der Waals surface area contributed by atoms with Gasteiger partial charge in [0, 0.05) is 0 Å². The summed E-state index contributed by atoms with van der Waals surface area (Å²) in [7, 11) is -1.59. The fourth-order valence-electron chi connectivity index (χ4n) is 2.78. The molecule has 1 atom stereocenters. The molecule has 0 aromatic heterocycles. The zero-order valence-electron chi connectivity index (χ0n) is 15.3. The van der Waals surface area contributed by atoms with Gasteiger partial charge >= 0.3 is 18.9 Å². The number of hydrogen-bond donors (Lipinski definition) is 0. The number of hydrogen-bond acceptors (Lipinski definition) is 1. The van der Waals surface area contributed by atoms with Crippen LogP contribution in [0.15, 0.2) is 73.3 Å². The Balaban J connectivity index is 0.00000288. The van der Waals surface area contributed by atoms with Crippen molar-refractivity contribution in [3.05, 3.63) is 84.5 Å². The van der Waals surface area contributed by atoms with Crippen molar-refractivity contribution in [1.29, 1.82) is 0 Å². The molecule has 2 aromatic rings. The van der Waals surface area contributed by atoms with Crippen LogP contribution in [0.25, 0.3) is 6.08 Å². The molecule has 120 valence electrons. The van der Waals surface area contributed by atoms with Crippen molar-refractivity contribution >= 4 is 19.3 Å². The van der Waals surface area contributed by atoms with Crippen LogP contribution in [0.5, 0.6) is 0 Å². The topological polar surface area (TPSA) is 23.1 Å². The van der Waals surface area contributed by atoms with Crippen LogP contribution in [0, 0.1) is 0 Å². The van der Waals surface area contributed by atoms with Crippen LogP contribution in [0.4, 0.5) is 0 Å². The van der Waals surface area contributed by atoms with Gasteiger partial charge in [-0.15, -0.1) is 6.58 Å². The summed E-state index contributed by atoms with van der Waals surface area (Å²) < 4.78 is 0. The second-order valence-electron chi connectivity index (χ2n) is 6.92. The zero-order chi connectivity index (χ0) is 16.9. The van der Waals surface area contributed by atoms with E-state index in [2.05, 4.69) is 32.3 Å². The molecule has 3 heteroatoms. The van der Waals surface area contributed by atoms with Crippen molar-refractivity contribution in [3.8, 4) is 0 Å². The largest absolute Gasteiger partial charge is 1.00 e. The Bertz CT molecular complexity index is 688. The van der Waals surface area contributed by atoms with Gasteiger partial charge in [-0.05, 0) is 12.0 Å². The van der Waals surface area contributed by atoms with Gasteiger partial charge in [0.15, 0.2) is 0 Å². The van der Waals surface area contributed by atoms with Gasteiger partial charge in [-0.3, -0.25) is 0 Å². The van der Waals surface area contributed by atoms with Crippen molar-refractivity contribution in [3.63, 3.8) is 0 Å². The van der Waals surface area contributed by atoms with E-state index in [0.29, 0.717) is 6.42 Å². The third-order valence-electron chi connectivity index (χ3n) is 3.98. The zero-order valence-corrected chi connectivity index (χ0v) is 16.3. The maximum absolute atomic E-state index is 13.6. The minimum atomic E-state index is -1.59. The Morgan fingerprint density at radius 1 is 1.00 bits per heavy atom. The molecular weight excluding hydrogens is 303 g/mol. The fourth-order valence-corrected chi connectivity index (χ4v) is 4.48. The molecular formula is C21H25LiOSi. The van der Waals surface area contributed by atoms with E-state index in [-0.39, 0.29) is 18.9 Å². The first-order valence-electron chi connectivity index (χ1n) is 8.02. The van der Waals surface area contributed by atoms with Crippen molar-refractivity contribution in [1.82, 2.24) is 0 Å². The first kappa shape index (κ1) is 20.7. The van der Waals surface area contributed by atoms with E-state index in [1.807, 2.05) is 54.6 Å². The molecule has 24 heavy (non-hydrogen) atoms. The summed E-state index contributed by atoms with van der Waals surface area (Å²) in [6.07, 6.45) is 5.83. The summed E-state index contributed by atoms with van der Waals surface area (Å²) in [5.41, 5.74) is 0.669. The Morgan fingerprint density at radius 3 is 2.17 bits per heavy atom. The molecule has 0 saturated carbocycles. The molecule has 1 unspecified atom stereocenters. The third-order valence-corrected chi connectivity index (χ3v) is 6.04. The molecule has 0 fully saturated rings. The minimum Gasteiger partial charge on any atom is -0.843 e. The van der Waals surface area contributed by atoms with Crippen molar-refractivity contribution < 1.29 is 24.0 Å². The summed E-state index contributed by atoms with van der Waals surface area (Å²) in [5, 5.41) is 14.8. The fraction of sp³-hybridized carbons (Fsp3) is 0.238. The Hall–Kier alpha value is -1.31. The molecule has 1 nitrogen and oxygen atoms in total. The van der Waals surface area contributed by atoms with E-state index in [9.17, 15) is 5.11 Å². The van der Waals surface area contributed by atoms with Gasteiger partial charge in [-0.25, -0.2) is 0 Å². The summed E-state index contributed by atoms with van der Waals surface area (Å²) in [4.78, 5) is 0. The van der Waals surface area contributed by atoms with E-state index in [1.165, 1.54) is 5.19 Å². The molecule has 0 heterocycles. The van der Waals surface area contributed by atoms with E-state index in [1.54, 1.807) is 12.2 Å². The first-order chi connectivity index (χ1) is 10.9. The summed E-state index contributed by atoms with van der Waals surface area (Å²) in [6, 6.07) is 18.1. The average Bonchev–Trinajstić information content (AvgIpc) is 2.53. The van der Waals surface area contributed by atoms with Crippen molar-refractivity contribution in [2.45, 2.75) is 31.7 Å². The molecule has 0 saturated heterocycles. The molecule has 0 spiro atoms. The smallest absolute Gasteiger partial charge is 0.843 e. The van der Waals surface area contributed by atoms with Crippen LogP contribution >= 0.6 is 0 Å². The van der Waals surface area contributed by atoms with Crippen molar-refractivity contribution in [2.24, 2.45) is 0 Å². The predicted molar refractivity (Wildman–Crippen MR) is 101 cm³/mol. The van der Waals surface area contributed by atoms with Gasteiger partial charge in [0.05, 0.1) is 8.07 Å². The van der Waals surface area contributed by atoms with Crippen LogP contribution in [-0.2, 0) is 5.60 Å². The molecule has 0 aliphatic carbocycles. The van der Waals surface area contributed by atoms with Crippen LogP contribution in [0.2, 0.25) is 19.6 Å².